The molecule has 0 aliphatic carbocycles. The molecular formula is C17H24N4O2S. The number of hydrogen-bond acceptors (Lipinski definition) is 5. The number of nitrogens with zero attached hydrogens (tertiary/aromatic N) is 3. The van der Waals surface area contributed by atoms with E-state index in [9.17, 15) is 9.59 Å². The molecule has 1 atom stereocenters. The van der Waals surface area contributed by atoms with Crippen LogP contribution in [0.1, 0.15) is 63.6 Å². The molecule has 2 rings (SSSR count). The lowest BCUT2D eigenvalue weighted by Gasteiger charge is -2.14. The summed E-state index contributed by atoms with van der Waals surface area (Å²) in [6, 6.07) is -0.114. The summed E-state index contributed by atoms with van der Waals surface area (Å²) >= 11 is 1.60. The third-order valence-electron chi connectivity index (χ3n) is 4.08. The Balaban J connectivity index is 1.99. The van der Waals surface area contributed by atoms with Crippen LogP contribution in [0.2, 0.25) is 0 Å². The Kier molecular flexibility index (Phi) is 5.54. The summed E-state index contributed by atoms with van der Waals surface area (Å²) in [5.41, 5.74) is 3.18. The van der Waals surface area contributed by atoms with Gasteiger partial charge >= 0.3 is 0 Å². The van der Waals surface area contributed by atoms with E-state index in [0.717, 1.165) is 16.4 Å². The van der Waals surface area contributed by atoms with Gasteiger partial charge in [-0.25, -0.2) is 4.98 Å². The van der Waals surface area contributed by atoms with Gasteiger partial charge in [-0.1, -0.05) is 0 Å². The third kappa shape index (κ3) is 3.90. The number of nitrogens with one attached hydrogen (secondary N) is 1. The maximum Gasteiger partial charge on any atom is 0.222 e. The van der Waals surface area contributed by atoms with E-state index in [1.54, 1.807) is 16.0 Å². The number of rotatable bonds is 6. The number of ketones is 1. The lowest BCUT2D eigenvalue weighted by molar-refractivity contribution is -0.122. The molecule has 6 nitrogen and oxygen atoms in total. The zero-order valence-electron chi connectivity index (χ0n) is 15.1. The molecule has 7 heteroatoms. The van der Waals surface area contributed by atoms with Gasteiger partial charge in [-0.2, -0.15) is 5.10 Å². The Morgan fingerprint density at radius 3 is 2.38 bits per heavy atom. The highest BCUT2D eigenvalue weighted by molar-refractivity contribution is 7.11. The highest BCUT2D eigenvalue weighted by Crippen LogP contribution is 2.20. The number of thiazole rings is 1. The van der Waals surface area contributed by atoms with Crippen molar-refractivity contribution >= 4 is 23.0 Å². The van der Waals surface area contributed by atoms with Crippen molar-refractivity contribution in [2.75, 3.05) is 0 Å². The molecule has 1 amide bonds. The van der Waals surface area contributed by atoms with Crippen LogP contribution in [0.15, 0.2) is 0 Å². The van der Waals surface area contributed by atoms with Crippen molar-refractivity contribution < 1.29 is 9.59 Å². The molecule has 0 aliphatic rings. The highest BCUT2D eigenvalue weighted by atomic mass is 32.1. The van der Waals surface area contributed by atoms with E-state index in [1.807, 2.05) is 34.6 Å². The third-order valence-corrected chi connectivity index (χ3v) is 5.16. The van der Waals surface area contributed by atoms with Gasteiger partial charge < -0.3 is 5.32 Å². The van der Waals surface area contributed by atoms with Crippen LogP contribution in [0.25, 0.3) is 0 Å². The Bertz CT molecular complexity index is 756. The van der Waals surface area contributed by atoms with E-state index in [0.29, 0.717) is 24.2 Å². The lowest BCUT2D eigenvalue weighted by Crippen LogP contribution is -2.26. The van der Waals surface area contributed by atoms with Crippen molar-refractivity contribution in [3.8, 4) is 0 Å². The van der Waals surface area contributed by atoms with Gasteiger partial charge in [0.25, 0.3) is 0 Å². The van der Waals surface area contributed by atoms with Crippen LogP contribution in [0.4, 0.5) is 0 Å². The second kappa shape index (κ2) is 7.25. The number of aryl methyl sites for hydroxylation is 3. The minimum Gasteiger partial charge on any atom is -0.350 e. The molecule has 1 N–H and O–H groups in total. The summed E-state index contributed by atoms with van der Waals surface area (Å²) < 4.78 is 1.77. The molecule has 0 saturated heterocycles. The molecule has 0 radical (unpaired) electrons. The van der Waals surface area contributed by atoms with E-state index < -0.39 is 0 Å². The van der Waals surface area contributed by atoms with E-state index in [-0.39, 0.29) is 17.7 Å². The van der Waals surface area contributed by atoms with E-state index in [2.05, 4.69) is 15.4 Å². The number of carbonyl (C=O) groups is 2. The second-order valence-corrected chi connectivity index (χ2v) is 7.41. The molecule has 2 aromatic rings. The van der Waals surface area contributed by atoms with E-state index in [4.69, 9.17) is 0 Å². The summed E-state index contributed by atoms with van der Waals surface area (Å²) in [6.07, 6.45) is 0.308. The number of Topliss-reactive ketones (excluding diaryl/α,β-unsaturated/α-hetero) is 1. The summed E-state index contributed by atoms with van der Waals surface area (Å²) in [4.78, 5) is 29.5. The molecule has 0 saturated carbocycles. The van der Waals surface area contributed by atoms with Crippen molar-refractivity contribution in [1.82, 2.24) is 20.1 Å². The summed E-state index contributed by atoms with van der Waals surface area (Å²) in [5, 5.41) is 8.24. The van der Waals surface area contributed by atoms with Crippen molar-refractivity contribution in [1.29, 1.82) is 0 Å². The van der Waals surface area contributed by atoms with Crippen LogP contribution in [0.3, 0.4) is 0 Å². The molecule has 24 heavy (non-hydrogen) atoms. The summed E-state index contributed by atoms with van der Waals surface area (Å²) in [7, 11) is 0. The van der Waals surface area contributed by atoms with Gasteiger partial charge in [-0.05, 0) is 41.5 Å². The summed E-state index contributed by atoms with van der Waals surface area (Å²) in [5.74, 6) is -0.0488. The predicted molar refractivity (Wildman–Crippen MR) is 94.5 cm³/mol. The Labute approximate surface area is 146 Å². The van der Waals surface area contributed by atoms with Crippen LogP contribution in [-0.2, 0) is 11.3 Å². The van der Waals surface area contributed by atoms with Gasteiger partial charge in [0.1, 0.15) is 5.01 Å². The first-order valence-corrected chi connectivity index (χ1v) is 8.78. The highest BCUT2D eigenvalue weighted by Gasteiger charge is 2.20. The molecule has 0 bridgehead atoms. The molecule has 0 fully saturated rings. The predicted octanol–water partition coefficient (Wildman–Crippen LogP) is 3.04. The van der Waals surface area contributed by atoms with Crippen LogP contribution >= 0.6 is 11.3 Å². The average Bonchev–Trinajstić information content (AvgIpc) is 2.96. The van der Waals surface area contributed by atoms with Gasteiger partial charge in [-0.3, -0.25) is 14.3 Å². The van der Waals surface area contributed by atoms with Crippen molar-refractivity contribution in [3.63, 3.8) is 0 Å². The molecular weight excluding hydrogens is 324 g/mol. The van der Waals surface area contributed by atoms with Gasteiger partial charge in [0, 0.05) is 17.0 Å². The first-order valence-electron chi connectivity index (χ1n) is 7.97. The largest absolute Gasteiger partial charge is 0.350 e. The van der Waals surface area contributed by atoms with E-state index >= 15 is 0 Å². The average molecular weight is 348 g/mol. The Morgan fingerprint density at radius 2 is 1.88 bits per heavy atom. The first kappa shape index (κ1) is 18.3. The maximum absolute atomic E-state index is 12.2. The monoisotopic (exact) mass is 348 g/mol. The SMILES string of the molecule is CC(=O)c1c(C)nn([C@@H](C)CC(=O)NCc2nc(C)c(C)s2)c1C. The van der Waals surface area contributed by atoms with Crippen LogP contribution < -0.4 is 5.32 Å². The lowest BCUT2D eigenvalue weighted by atomic mass is 10.1. The molecule has 2 aromatic heterocycles. The number of carbonyl (C=O) groups excluding carboxylic acids is 2. The van der Waals surface area contributed by atoms with Gasteiger partial charge in [0.2, 0.25) is 5.91 Å². The fourth-order valence-electron chi connectivity index (χ4n) is 2.82. The Morgan fingerprint density at radius 1 is 1.21 bits per heavy atom. The molecule has 2 heterocycles. The van der Waals surface area contributed by atoms with Crippen LogP contribution in [0.5, 0.6) is 0 Å². The smallest absolute Gasteiger partial charge is 0.222 e. The topological polar surface area (TPSA) is 76.9 Å². The second-order valence-electron chi connectivity index (χ2n) is 6.13. The Hall–Kier alpha value is -2.02. The van der Waals surface area contributed by atoms with Crippen LogP contribution in [0, 0.1) is 27.7 Å². The fraction of sp³-hybridized carbons (Fsp3) is 0.529. The van der Waals surface area contributed by atoms with Gasteiger partial charge in [0.15, 0.2) is 5.78 Å². The molecule has 0 aliphatic heterocycles. The quantitative estimate of drug-likeness (QED) is 0.814. The normalized spacial score (nSPS) is 12.2. The minimum absolute atomic E-state index is 0.00223. The van der Waals surface area contributed by atoms with Gasteiger partial charge in [-0.15, -0.1) is 11.3 Å². The molecule has 0 unspecified atom stereocenters. The zero-order chi connectivity index (χ0) is 18.0. The minimum atomic E-state index is -0.114. The fourth-order valence-corrected chi connectivity index (χ4v) is 3.69. The van der Waals surface area contributed by atoms with Crippen molar-refractivity contribution in [3.05, 3.63) is 32.5 Å². The van der Waals surface area contributed by atoms with E-state index in [1.165, 1.54) is 11.8 Å². The molecule has 0 aromatic carbocycles. The molecule has 0 spiro atoms. The summed E-state index contributed by atoms with van der Waals surface area (Å²) in [6.45, 7) is 11.6. The van der Waals surface area contributed by atoms with Crippen molar-refractivity contribution in [2.24, 2.45) is 0 Å². The number of hydrogen-bond donors (Lipinski definition) is 1. The number of amides is 1. The first-order chi connectivity index (χ1) is 11.2. The molecule has 130 valence electrons. The maximum atomic E-state index is 12.2. The van der Waals surface area contributed by atoms with Crippen molar-refractivity contribution in [2.45, 2.75) is 60.5 Å². The van der Waals surface area contributed by atoms with Gasteiger partial charge in [0.05, 0.1) is 29.5 Å². The van der Waals surface area contributed by atoms with Crippen LogP contribution in [-0.4, -0.2) is 26.5 Å². The standard InChI is InChI=1S/C17H24N4O2S/c1-9(21-12(4)17(13(5)22)11(3)20-21)7-15(23)18-8-16-19-10(2)14(6)24-16/h9H,7-8H2,1-6H3,(H,18,23)/t9-/m0/s1. The zero-order valence-corrected chi connectivity index (χ0v) is 15.9. The number of aromatic nitrogens is 3.